The van der Waals surface area contributed by atoms with Crippen LogP contribution < -0.4 is 0 Å². The molecule has 0 saturated carbocycles. The Labute approximate surface area is 55.3 Å². The van der Waals surface area contributed by atoms with Crippen LogP contribution >= 0.6 is 11.6 Å². The molecular formula is C4H3ClF2N2. The summed E-state index contributed by atoms with van der Waals surface area (Å²) in [5, 5.41) is -2.60. The van der Waals surface area contributed by atoms with Crippen molar-refractivity contribution in [2.75, 3.05) is 6.67 Å². The van der Waals surface area contributed by atoms with Gasteiger partial charge >= 0.3 is 0 Å². The Morgan fingerprint density at radius 3 is 2.78 bits per heavy atom. The van der Waals surface area contributed by atoms with Crippen molar-refractivity contribution in [3.05, 3.63) is 0 Å². The minimum Gasteiger partial charge on any atom is -0.269 e. The van der Waals surface area contributed by atoms with E-state index in [1.165, 1.54) is 0 Å². The highest BCUT2D eigenvalue weighted by atomic mass is 35.5. The maximum Gasteiger partial charge on any atom is 0.287 e. The van der Waals surface area contributed by atoms with E-state index in [9.17, 15) is 8.78 Å². The normalized spacial score (nSPS) is 34.3. The fourth-order valence-corrected chi connectivity index (χ4v) is 0.546. The summed E-state index contributed by atoms with van der Waals surface area (Å²) in [6.07, 6.45) is 0.691. The standard InChI is InChI=1S/C4H3ClF2N2/c5-4(7)1-8-2-9-3(4)6/h1H,2H2. The van der Waals surface area contributed by atoms with Crippen molar-refractivity contribution in [1.82, 2.24) is 0 Å². The molecule has 0 amide bonds. The van der Waals surface area contributed by atoms with E-state index in [1.807, 2.05) is 0 Å². The van der Waals surface area contributed by atoms with Crippen molar-refractivity contribution in [1.29, 1.82) is 0 Å². The van der Waals surface area contributed by atoms with Crippen molar-refractivity contribution < 1.29 is 8.78 Å². The number of nitrogens with zero attached hydrogens (tertiary/aromatic N) is 2. The van der Waals surface area contributed by atoms with E-state index in [2.05, 4.69) is 9.98 Å². The Morgan fingerprint density at radius 2 is 2.44 bits per heavy atom. The number of aliphatic imine (C=N–C) groups is 2. The maximum absolute atomic E-state index is 12.4. The van der Waals surface area contributed by atoms with Crippen LogP contribution in [0.15, 0.2) is 9.98 Å². The number of hydrogen-bond acceptors (Lipinski definition) is 2. The molecule has 0 fully saturated rings. The highest BCUT2D eigenvalue weighted by molar-refractivity contribution is 6.42. The van der Waals surface area contributed by atoms with Gasteiger partial charge < -0.3 is 0 Å². The second-order valence-corrected chi connectivity index (χ2v) is 2.08. The van der Waals surface area contributed by atoms with Crippen molar-refractivity contribution in [3.63, 3.8) is 0 Å². The zero-order valence-electron chi connectivity index (χ0n) is 4.31. The van der Waals surface area contributed by atoms with Gasteiger partial charge in [-0.05, 0) is 0 Å². The molecule has 1 aliphatic heterocycles. The summed E-state index contributed by atoms with van der Waals surface area (Å²) in [6.45, 7) is -0.0791. The van der Waals surface area contributed by atoms with E-state index in [0.29, 0.717) is 6.21 Å². The van der Waals surface area contributed by atoms with Crippen molar-refractivity contribution >= 4 is 23.8 Å². The largest absolute Gasteiger partial charge is 0.287 e. The third-order valence-corrected chi connectivity index (χ3v) is 1.07. The smallest absolute Gasteiger partial charge is 0.269 e. The van der Waals surface area contributed by atoms with Crippen LogP contribution in [0.2, 0.25) is 0 Å². The summed E-state index contributed by atoms with van der Waals surface area (Å²) in [7, 11) is 0. The van der Waals surface area contributed by atoms with Crippen LogP contribution in [0, 0.1) is 0 Å². The first kappa shape index (κ1) is 6.61. The summed E-state index contributed by atoms with van der Waals surface area (Å²) in [6, 6.07) is 0. The Morgan fingerprint density at radius 1 is 1.78 bits per heavy atom. The lowest BCUT2D eigenvalue weighted by atomic mass is 10.4. The topological polar surface area (TPSA) is 24.7 Å². The van der Waals surface area contributed by atoms with Gasteiger partial charge in [0.05, 0.1) is 6.21 Å². The molecule has 0 N–H and O–H groups in total. The molecule has 2 nitrogen and oxygen atoms in total. The Bertz CT molecular complexity index is 175. The molecule has 9 heavy (non-hydrogen) atoms. The summed E-state index contributed by atoms with van der Waals surface area (Å²) in [4.78, 5) is 6.35. The highest BCUT2D eigenvalue weighted by Gasteiger charge is 2.33. The molecule has 1 rings (SSSR count). The lowest BCUT2D eigenvalue weighted by Crippen LogP contribution is -2.28. The van der Waals surface area contributed by atoms with Crippen molar-refractivity contribution in [2.45, 2.75) is 5.13 Å². The molecule has 1 heterocycles. The van der Waals surface area contributed by atoms with Crippen LogP contribution in [0.4, 0.5) is 8.78 Å². The molecule has 1 aliphatic rings. The summed E-state index contributed by atoms with van der Waals surface area (Å²) < 4.78 is 24.5. The highest BCUT2D eigenvalue weighted by Crippen LogP contribution is 2.19. The third kappa shape index (κ3) is 1.24. The van der Waals surface area contributed by atoms with Gasteiger partial charge in [0, 0.05) is 0 Å². The van der Waals surface area contributed by atoms with E-state index in [-0.39, 0.29) is 6.67 Å². The van der Waals surface area contributed by atoms with E-state index < -0.39 is 11.1 Å². The minimum atomic E-state index is -2.60. The first-order chi connectivity index (χ1) is 4.13. The molecule has 0 radical (unpaired) electrons. The molecule has 50 valence electrons. The number of hydrogen-bond donors (Lipinski definition) is 0. The molecule has 0 spiro atoms. The summed E-state index contributed by atoms with van der Waals surface area (Å²) in [5.41, 5.74) is 0. The molecule has 0 aromatic rings. The predicted octanol–water partition coefficient (Wildman–Crippen LogP) is 1.30. The number of alkyl halides is 2. The van der Waals surface area contributed by atoms with E-state index in [4.69, 9.17) is 11.6 Å². The molecule has 5 heteroatoms. The zero-order valence-corrected chi connectivity index (χ0v) is 5.07. The monoisotopic (exact) mass is 152 g/mol. The second kappa shape index (κ2) is 2.02. The first-order valence-electron chi connectivity index (χ1n) is 2.22. The van der Waals surface area contributed by atoms with Crippen LogP contribution in [0.5, 0.6) is 0 Å². The first-order valence-corrected chi connectivity index (χ1v) is 2.60. The zero-order chi connectivity index (χ0) is 6.91. The fraction of sp³-hybridized carbons (Fsp3) is 0.500. The van der Waals surface area contributed by atoms with Crippen LogP contribution in [0.25, 0.3) is 0 Å². The van der Waals surface area contributed by atoms with Gasteiger partial charge in [0.2, 0.25) is 5.97 Å². The molecule has 0 saturated heterocycles. The summed E-state index contributed by atoms with van der Waals surface area (Å²) in [5.74, 6) is -1.22. The van der Waals surface area contributed by atoms with Gasteiger partial charge in [-0.25, -0.2) is 9.38 Å². The maximum atomic E-state index is 12.4. The Kier molecular flexibility index (Phi) is 1.48. The fourth-order valence-electron chi connectivity index (χ4n) is 0.417. The molecule has 1 atom stereocenters. The molecular weight excluding hydrogens is 150 g/mol. The molecule has 1 unspecified atom stereocenters. The number of rotatable bonds is 0. The van der Waals surface area contributed by atoms with Gasteiger partial charge in [-0.1, -0.05) is 11.6 Å². The number of halogens is 3. The molecule has 0 bridgehead atoms. The van der Waals surface area contributed by atoms with Gasteiger partial charge in [0.25, 0.3) is 5.13 Å². The van der Waals surface area contributed by atoms with Crippen LogP contribution in [-0.4, -0.2) is 24.0 Å². The van der Waals surface area contributed by atoms with Crippen LogP contribution in [0.1, 0.15) is 0 Å². The van der Waals surface area contributed by atoms with Crippen molar-refractivity contribution in [2.24, 2.45) is 9.98 Å². The third-order valence-electron chi connectivity index (χ3n) is 0.820. The van der Waals surface area contributed by atoms with Gasteiger partial charge in [-0.2, -0.15) is 4.39 Å². The average molecular weight is 153 g/mol. The quantitative estimate of drug-likeness (QED) is 0.468. The lowest BCUT2D eigenvalue weighted by molar-refractivity contribution is 0.437. The van der Waals surface area contributed by atoms with E-state index >= 15 is 0 Å². The van der Waals surface area contributed by atoms with E-state index in [1.54, 1.807) is 0 Å². The van der Waals surface area contributed by atoms with Crippen LogP contribution in [0.3, 0.4) is 0 Å². The van der Waals surface area contributed by atoms with Gasteiger partial charge in [0.1, 0.15) is 6.67 Å². The van der Waals surface area contributed by atoms with Gasteiger partial charge in [-0.15, -0.1) is 0 Å². The SMILES string of the molecule is FC1=NCN=CC1(F)Cl. The molecule has 0 aromatic carbocycles. The van der Waals surface area contributed by atoms with Crippen LogP contribution in [-0.2, 0) is 0 Å². The average Bonchev–Trinajstić information content (AvgIpc) is 1.77. The molecule has 0 aliphatic carbocycles. The minimum absolute atomic E-state index is 0.0791. The molecule has 0 aromatic heterocycles. The Balaban J connectivity index is 2.83. The summed E-state index contributed by atoms with van der Waals surface area (Å²) >= 11 is 4.90. The second-order valence-electron chi connectivity index (χ2n) is 1.52. The lowest BCUT2D eigenvalue weighted by Gasteiger charge is -2.10. The Hall–Kier alpha value is -0.510. The van der Waals surface area contributed by atoms with E-state index in [0.717, 1.165) is 0 Å². The van der Waals surface area contributed by atoms with Crippen molar-refractivity contribution in [3.8, 4) is 0 Å². The van der Waals surface area contributed by atoms with Gasteiger partial charge in [-0.3, -0.25) is 4.99 Å². The van der Waals surface area contributed by atoms with Gasteiger partial charge in [0.15, 0.2) is 0 Å². The predicted molar refractivity (Wildman–Crippen MR) is 31.6 cm³/mol.